The van der Waals surface area contributed by atoms with Crippen LogP contribution in [0, 0.1) is 11.8 Å². The number of carbonyl (C=O) groups is 4. The minimum Gasteiger partial charge on any atom is -0.459 e. The number of halogens is 3. The molecular weight excluding hydrogens is 597 g/mol. The van der Waals surface area contributed by atoms with Crippen molar-refractivity contribution in [2.75, 3.05) is 7.11 Å². The molecule has 2 aromatic rings. The molecule has 2 aliphatic rings. The molecule has 45 heavy (non-hydrogen) atoms. The van der Waals surface area contributed by atoms with Crippen LogP contribution in [0.1, 0.15) is 55.1 Å². The molecule has 0 radical (unpaired) electrons. The number of hydrogen-bond donors (Lipinski definition) is 0. The molecule has 2 aromatic carbocycles. The summed E-state index contributed by atoms with van der Waals surface area (Å²) in [4.78, 5) is 50.9. The SMILES string of the molecule is COC(C(=O)O[C@H]1/C=C/C=C\[C@H]2C[C@@H]2C[C@@H](C)OC(=O)c2c(cc(OC(C)=O)cc2OC(C)=O)C1)(c1ccccc1)C(F)(F)F. The third kappa shape index (κ3) is 7.80. The number of allylic oxidation sites excluding steroid dienone is 3. The zero-order valence-corrected chi connectivity index (χ0v) is 25.1. The van der Waals surface area contributed by atoms with E-state index in [0.29, 0.717) is 6.42 Å². The lowest BCUT2D eigenvalue weighted by atomic mass is 9.92. The van der Waals surface area contributed by atoms with Gasteiger partial charge in [-0.2, -0.15) is 13.2 Å². The third-order valence-electron chi connectivity index (χ3n) is 7.44. The van der Waals surface area contributed by atoms with Gasteiger partial charge in [-0.3, -0.25) is 9.59 Å². The molecule has 0 saturated heterocycles. The van der Waals surface area contributed by atoms with Crippen LogP contribution in [-0.4, -0.2) is 49.4 Å². The first kappa shape index (κ1) is 33.4. The maximum Gasteiger partial charge on any atom is 0.432 e. The summed E-state index contributed by atoms with van der Waals surface area (Å²) in [6, 6.07) is 8.76. The average molecular weight is 631 g/mol. The molecule has 0 spiro atoms. The van der Waals surface area contributed by atoms with Crippen LogP contribution in [-0.2, 0) is 40.6 Å². The summed E-state index contributed by atoms with van der Waals surface area (Å²) in [5, 5.41) is 0. The monoisotopic (exact) mass is 630 g/mol. The molecule has 1 heterocycles. The summed E-state index contributed by atoms with van der Waals surface area (Å²) in [6.45, 7) is 3.94. The molecule has 0 bridgehead atoms. The Labute approximate surface area is 257 Å². The van der Waals surface area contributed by atoms with Gasteiger partial charge in [-0.15, -0.1) is 0 Å². The minimum atomic E-state index is -5.23. The summed E-state index contributed by atoms with van der Waals surface area (Å²) >= 11 is 0. The van der Waals surface area contributed by atoms with Crippen LogP contribution in [0.3, 0.4) is 0 Å². The van der Waals surface area contributed by atoms with Crippen molar-refractivity contribution in [3.8, 4) is 11.5 Å². The van der Waals surface area contributed by atoms with E-state index in [4.69, 9.17) is 23.7 Å². The first-order chi connectivity index (χ1) is 21.2. The van der Waals surface area contributed by atoms with Crippen molar-refractivity contribution in [1.82, 2.24) is 0 Å². The molecule has 1 unspecified atom stereocenters. The van der Waals surface area contributed by atoms with Crippen molar-refractivity contribution in [2.45, 2.75) is 64.0 Å². The van der Waals surface area contributed by atoms with Crippen molar-refractivity contribution in [3.05, 3.63) is 83.5 Å². The molecule has 0 N–H and O–H groups in total. The van der Waals surface area contributed by atoms with Crippen LogP contribution in [0.5, 0.6) is 11.5 Å². The van der Waals surface area contributed by atoms with E-state index in [1.54, 1.807) is 13.0 Å². The number of esters is 4. The zero-order chi connectivity index (χ0) is 32.9. The maximum absolute atomic E-state index is 14.6. The van der Waals surface area contributed by atoms with E-state index in [1.807, 2.05) is 6.08 Å². The molecule has 1 aliphatic heterocycles. The van der Waals surface area contributed by atoms with Crippen molar-refractivity contribution in [3.63, 3.8) is 0 Å². The Morgan fingerprint density at radius 3 is 2.22 bits per heavy atom. The Balaban J connectivity index is 1.84. The molecule has 240 valence electrons. The van der Waals surface area contributed by atoms with Crippen LogP contribution >= 0.6 is 0 Å². The van der Waals surface area contributed by atoms with Crippen molar-refractivity contribution in [2.24, 2.45) is 11.8 Å². The van der Waals surface area contributed by atoms with Crippen molar-refractivity contribution < 1.29 is 56.0 Å². The predicted molar refractivity (Wildman–Crippen MR) is 153 cm³/mol. The summed E-state index contributed by atoms with van der Waals surface area (Å²) < 4.78 is 70.4. The van der Waals surface area contributed by atoms with Crippen molar-refractivity contribution in [1.29, 1.82) is 0 Å². The number of fused-ring (bicyclic) bond motifs is 2. The number of rotatable bonds is 6. The third-order valence-corrected chi connectivity index (χ3v) is 7.44. The zero-order valence-electron chi connectivity index (χ0n) is 25.1. The normalized spacial score (nSPS) is 24.3. The number of methoxy groups -OCH3 is 1. The fourth-order valence-electron chi connectivity index (χ4n) is 5.36. The van der Waals surface area contributed by atoms with Gasteiger partial charge in [0.05, 0.1) is 6.10 Å². The summed E-state index contributed by atoms with van der Waals surface area (Å²) in [7, 11) is 0.753. The van der Waals surface area contributed by atoms with Crippen LogP contribution in [0.2, 0.25) is 0 Å². The molecule has 5 atom stereocenters. The largest absolute Gasteiger partial charge is 0.459 e. The minimum absolute atomic E-state index is 0.0183. The Bertz CT molecular complexity index is 1500. The first-order valence-electron chi connectivity index (χ1n) is 14.2. The standard InChI is InChI=1S/C33H33F3O9/c1-19-14-23-15-22(23)10-8-9-13-26(45-31(40)32(41-4,33(34,35)36)25-11-6-5-7-12-25)16-24-17-27(43-20(2)37)18-28(44-21(3)38)29(24)30(39)42-19/h5-13,17-19,22-23,26H,14-16H2,1-4H3/b10-8-,13-9+/t19-,22+,23+,26+,32?/m1/s1. The van der Waals surface area contributed by atoms with Gasteiger partial charge in [-0.1, -0.05) is 48.6 Å². The Morgan fingerprint density at radius 1 is 0.933 bits per heavy atom. The molecule has 4 rings (SSSR count). The van der Waals surface area contributed by atoms with Crippen LogP contribution in [0.15, 0.2) is 66.8 Å². The van der Waals surface area contributed by atoms with E-state index in [0.717, 1.165) is 45.6 Å². The van der Waals surface area contributed by atoms with E-state index < -0.39 is 59.8 Å². The van der Waals surface area contributed by atoms with Gasteiger partial charge in [0.1, 0.15) is 23.2 Å². The second-order valence-electron chi connectivity index (χ2n) is 10.9. The van der Waals surface area contributed by atoms with E-state index in [1.165, 1.54) is 36.4 Å². The second-order valence-corrected chi connectivity index (χ2v) is 10.9. The molecule has 1 fully saturated rings. The molecule has 12 heteroatoms. The lowest BCUT2D eigenvalue weighted by molar-refractivity contribution is -0.277. The Kier molecular flexibility index (Phi) is 10.2. The molecule has 9 nitrogen and oxygen atoms in total. The highest BCUT2D eigenvalue weighted by Crippen LogP contribution is 2.45. The lowest BCUT2D eigenvalue weighted by Gasteiger charge is -2.33. The number of cyclic esters (lactones) is 1. The number of hydrogen-bond acceptors (Lipinski definition) is 9. The fraction of sp³-hybridized carbons (Fsp3) is 0.394. The van der Waals surface area contributed by atoms with E-state index in [9.17, 15) is 32.3 Å². The number of alkyl halides is 3. The number of carbonyl (C=O) groups excluding carboxylic acids is 4. The van der Waals surface area contributed by atoms with Gasteiger partial charge in [0, 0.05) is 39.0 Å². The summed E-state index contributed by atoms with van der Waals surface area (Å²) in [5.41, 5.74) is -4.19. The molecule has 1 aliphatic carbocycles. The van der Waals surface area contributed by atoms with Crippen molar-refractivity contribution >= 4 is 23.9 Å². The molecule has 0 amide bonds. The fourth-order valence-corrected chi connectivity index (χ4v) is 5.36. The molecule has 0 aromatic heterocycles. The predicted octanol–water partition coefficient (Wildman–Crippen LogP) is 5.79. The smallest absolute Gasteiger partial charge is 0.432 e. The maximum atomic E-state index is 14.6. The molecule has 1 saturated carbocycles. The summed E-state index contributed by atoms with van der Waals surface area (Å²) in [6.07, 6.45) is 0.377. The van der Waals surface area contributed by atoms with Gasteiger partial charge in [0.25, 0.3) is 5.60 Å². The van der Waals surface area contributed by atoms with Crippen LogP contribution < -0.4 is 9.47 Å². The van der Waals surface area contributed by atoms with Gasteiger partial charge in [0.15, 0.2) is 0 Å². The Hall–Kier alpha value is -4.45. The number of benzene rings is 2. The van der Waals surface area contributed by atoms with E-state index in [-0.39, 0.29) is 34.5 Å². The van der Waals surface area contributed by atoms with Gasteiger partial charge in [-0.05, 0) is 49.3 Å². The number of ether oxygens (including phenoxy) is 5. The topological polar surface area (TPSA) is 114 Å². The molecular formula is C33H33F3O9. The highest BCUT2D eigenvalue weighted by Gasteiger charge is 2.64. The average Bonchev–Trinajstić information content (AvgIpc) is 3.67. The van der Waals surface area contributed by atoms with Gasteiger partial charge >= 0.3 is 30.1 Å². The van der Waals surface area contributed by atoms with Gasteiger partial charge in [-0.25, -0.2) is 9.59 Å². The second kappa shape index (κ2) is 13.7. The quantitative estimate of drug-likeness (QED) is 0.289. The summed E-state index contributed by atoms with van der Waals surface area (Å²) in [5.74, 6) is -4.14. The highest BCUT2D eigenvalue weighted by molar-refractivity contribution is 5.96. The Morgan fingerprint density at radius 2 is 1.60 bits per heavy atom. The first-order valence-corrected chi connectivity index (χ1v) is 14.2. The van der Waals surface area contributed by atoms with Crippen LogP contribution in [0.25, 0.3) is 0 Å². The van der Waals surface area contributed by atoms with Gasteiger partial charge in [0.2, 0.25) is 0 Å². The van der Waals surface area contributed by atoms with E-state index in [2.05, 4.69) is 0 Å². The van der Waals surface area contributed by atoms with Crippen LogP contribution in [0.4, 0.5) is 13.2 Å². The highest BCUT2D eigenvalue weighted by atomic mass is 19.4. The van der Waals surface area contributed by atoms with Gasteiger partial charge < -0.3 is 23.7 Å². The van der Waals surface area contributed by atoms with E-state index >= 15 is 0 Å². The lowest BCUT2D eigenvalue weighted by Crippen LogP contribution is -2.52.